The molecule has 1 N–H and O–H groups in total. The predicted octanol–water partition coefficient (Wildman–Crippen LogP) is 2.67. The Morgan fingerprint density at radius 2 is 2.35 bits per heavy atom. The van der Waals surface area contributed by atoms with Crippen LogP contribution in [0.25, 0.3) is 0 Å². The van der Waals surface area contributed by atoms with Crippen LogP contribution in [-0.4, -0.2) is 22.4 Å². The smallest absolute Gasteiger partial charge is 0.256 e. The topological polar surface area (TPSA) is 55.1 Å². The number of aromatic nitrogens is 1. The van der Waals surface area contributed by atoms with Crippen LogP contribution < -0.4 is 5.32 Å². The number of nitrogens with one attached hydrogen (secondary N) is 1. The molecule has 1 aliphatic rings. The van der Waals surface area contributed by atoms with Gasteiger partial charge in [-0.25, -0.2) is 0 Å². The van der Waals surface area contributed by atoms with Crippen LogP contribution in [-0.2, 0) is 0 Å². The standard InChI is InChI=1S/C12H17BrN2O2/c1-8-10(7-14-17-8)12(16)15-11-5-3-2-4-9(11)6-13/h7,9,11H,2-6H2,1H3,(H,15,16). The minimum Gasteiger partial charge on any atom is -0.361 e. The molecule has 0 radical (unpaired) electrons. The Morgan fingerprint density at radius 1 is 1.59 bits per heavy atom. The normalized spacial score (nSPS) is 24.6. The summed E-state index contributed by atoms with van der Waals surface area (Å²) < 4.78 is 4.91. The first-order valence-corrected chi connectivity index (χ1v) is 7.12. The quantitative estimate of drug-likeness (QED) is 0.873. The summed E-state index contributed by atoms with van der Waals surface area (Å²) >= 11 is 3.52. The SMILES string of the molecule is Cc1oncc1C(=O)NC1CCCCC1CBr. The second-order valence-electron chi connectivity index (χ2n) is 4.57. The van der Waals surface area contributed by atoms with Crippen molar-refractivity contribution in [3.63, 3.8) is 0 Å². The zero-order valence-electron chi connectivity index (χ0n) is 9.91. The van der Waals surface area contributed by atoms with Crippen LogP contribution in [0.5, 0.6) is 0 Å². The summed E-state index contributed by atoms with van der Waals surface area (Å²) in [5.41, 5.74) is 0.545. The summed E-state index contributed by atoms with van der Waals surface area (Å²) in [6, 6.07) is 0.268. The van der Waals surface area contributed by atoms with Crippen molar-refractivity contribution in [2.45, 2.75) is 38.6 Å². The number of carbonyl (C=O) groups excluding carboxylic acids is 1. The maximum Gasteiger partial charge on any atom is 0.256 e. The summed E-state index contributed by atoms with van der Waals surface area (Å²) in [6.07, 6.45) is 6.17. The molecule has 1 fully saturated rings. The first-order valence-electron chi connectivity index (χ1n) is 6.00. The highest BCUT2D eigenvalue weighted by Gasteiger charge is 2.26. The van der Waals surface area contributed by atoms with E-state index in [0.29, 0.717) is 17.2 Å². The third-order valence-electron chi connectivity index (χ3n) is 3.42. The number of carbonyl (C=O) groups is 1. The molecule has 1 aliphatic carbocycles. The molecule has 2 unspecified atom stereocenters. The first-order chi connectivity index (χ1) is 8.22. The van der Waals surface area contributed by atoms with Crippen molar-refractivity contribution in [3.05, 3.63) is 17.5 Å². The van der Waals surface area contributed by atoms with Gasteiger partial charge < -0.3 is 9.84 Å². The lowest BCUT2D eigenvalue weighted by atomic mass is 9.86. The van der Waals surface area contributed by atoms with Crippen molar-refractivity contribution < 1.29 is 9.32 Å². The van der Waals surface area contributed by atoms with E-state index in [-0.39, 0.29) is 11.9 Å². The van der Waals surface area contributed by atoms with E-state index in [1.54, 1.807) is 6.92 Å². The lowest BCUT2D eigenvalue weighted by molar-refractivity contribution is 0.0910. The Bertz CT molecular complexity index is 392. The van der Waals surface area contributed by atoms with Gasteiger partial charge in [0, 0.05) is 11.4 Å². The van der Waals surface area contributed by atoms with E-state index in [4.69, 9.17) is 4.52 Å². The lowest BCUT2D eigenvalue weighted by Crippen LogP contribution is -2.42. The molecule has 5 heteroatoms. The molecule has 1 aromatic rings. The molecule has 0 spiro atoms. The number of rotatable bonds is 3. The highest BCUT2D eigenvalue weighted by molar-refractivity contribution is 9.09. The minimum absolute atomic E-state index is 0.0680. The molecule has 1 aromatic heterocycles. The second-order valence-corrected chi connectivity index (χ2v) is 5.22. The Kier molecular flexibility index (Phi) is 4.20. The highest BCUT2D eigenvalue weighted by Crippen LogP contribution is 2.26. The summed E-state index contributed by atoms with van der Waals surface area (Å²) in [5, 5.41) is 7.67. The number of hydrogen-bond donors (Lipinski definition) is 1. The zero-order chi connectivity index (χ0) is 12.3. The van der Waals surface area contributed by atoms with Crippen LogP contribution in [0.2, 0.25) is 0 Å². The van der Waals surface area contributed by atoms with Crippen LogP contribution in [0, 0.1) is 12.8 Å². The number of amides is 1. The molecule has 0 aliphatic heterocycles. The van der Waals surface area contributed by atoms with E-state index >= 15 is 0 Å². The Balaban J connectivity index is 2.00. The molecule has 1 saturated carbocycles. The van der Waals surface area contributed by atoms with Crippen molar-refractivity contribution >= 4 is 21.8 Å². The van der Waals surface area contributed by atoms with Crippen molar-refractivity contribution in [1.82, 2.24) is 10.5 Å². The molecular weight excluding hydrogens is 284 g/mol. The van der Waals surface area contributed by atoms with Crippen LogP contribution in [0.4, 0.5) is 0 Å². The molecule has 0 saturated heterocycles. The van der Waals surface area contributed by atoms with Crippen molar-refractivity contribution in [3.8, 4) is 0 Å². The van der Waals surface area contributed by atoms with Gasteiger partial charge in [-0.2, -0.15) is 0 Å². The van der Waals surface area contributed by atoms with Gasteiger partial charge in [0.15, 0.2) is 0 Å². The van der Waals surface area contributed by atoms with Gasteiger partial charge in [-0.3, -0.25) is 4.79 Å². The van der Waals surface area contributed by atoms with Crippen LogP contribution in [0.3, 0.4) is 0 Å². The Labute approximate surface area is 109 Å². The first kappa shape index (κ1) is 12.6. The van der Waals surface area contributed by atoms with E-state index in [0.717, 1.165) is 11.8 Å². The molecule has 1 amide bonds. The number of halogens is 1. The molecule has 0 aromatic carbocycles. The fourth-order valence-corrected chi connectivity index (χ4v) is 3.12. The van der Waals surface area contributed by atoms with E-state index in [1.165, 1.54) is 25.5 Å². The summed E-state index contributed by atoms with van der Waals surface area (Å²) in [5.74, 6) is 1.04. The van der Waals surface area contributed by atoms with Crippen LogP contribution in [0.15, 0.2) is 10.7 Å². The van der Waals surface area contributed by atoms with Crippen LogP contribution >= 0.6 is 15.9 Å². The summed E-state index contributed by atoms with van der Waals surface area (Å²) in [6.45, 7) is 1.75. The number of aryl methyl sites for hydroxylation is 1. The number of alkyl halides is 1. The third-order valence-corrected chi connectivity index (χ3v) is 4.25. The second kappa shape index (κ2) is 5.67. The number of hydrogen-bond acceptors (Lipinski definition) is 3. The van der Waals surface area contributed by atoms with Crippen molar-refractivity contribution in [2.75, 3.05) is 5.33 Å². The fourth-order valence-electron chi connectivity index (χ4n) is 2.35. The monoisotopic (exact) mass is 300 g/mol. The van der Waals surface area contributed by atoms with Gasteiger partial charge in [0.2, 0.25) is 0 Å². The Morgan fingerprint density at radius 3 is 3.00 bits per heavy atom. The van der Waals surface area contributed by atoms with E-state index in [9.17, 15) is 4.79 Å². The summed E-state index contributed by atoms with van der Waals surface area (Å²) in [7, 11) is 0. The Hall–Kier alpha value is -0.840. The van der Waals surface area contributed by atoms with E-state index < -0.39 is 0 Å². The van der Waals surface area contributed by atoms with Gasteiger partial charge in [-0.15, -0.1) is 0 Å². The predicted molar refractivity (Wildman–Crippen MR) is 68.2 cm³/mol. The van der Waals surface area contributed by atoms with Crippen LogP contribution in [0.1, 0.15) is 41.8 Å². The van der Waals surface area contributed by atoms with E-state index in [1.807, 2.05) is 0 Å². The molecule has 1 heterocycles. The molecule has 94 valence electrons. The molecular formula is C12H17BrN2O2. The molecule has 2 rings (SSSR count). The third kappa shape index (κ3) is 2.89. The average molecular weight is 301 g/mol. The molecule has 0 bridgehead atoms. The van der Waals surface area contributed by atoms with Crippen molar-refractivity contribution in [1.29, 1.82) is 0 Å². The fraction of sp³-hybridized carbons (Fsp3) is 0.667. The zero-order valence-corrected chi connectivity index (χ0v) is 11.5. The van der Waals surface area contributed by atoms with Gasteiger partial charge >= 0.3 is 0 Å². The highest BCUT2D eigenvalue weighted by atomic mass is 79.9. The maximum atomic E-state index is 12.0. The van der Waals surface area contributed by atoms with Gasteiger partial charge in [-0.05, 0) is 25.7 Å². The largest absolute Gasteiger partial charge is 0.361 e. The van der Waals surface area contributed by atoms with Gasteiger partial charge in [0.1, 0.15) is 11.3 Å². The lowest BCUT2D eigenvalue weighted by Gasteiger charge is -2.30. The van der Waals surface area contributed by atoms with E-state index in [2.05, 4.69) is 26.4 Å². The van der Waals surface area contributed by atoms with Crippen molar-refractivity contribution in [2.24, 2.45) is 5.92 Å². The number of nitrogens with zero attached hydrogens (tertiary/aromatic N) is 1. The summed E-state index contributed by atoms with van der Waals surface area (Å²) in [4.78, 5) is 12.0. The minimum atomic E-state index is -0.0680. The van der Waals surface area contributed by atoms with Gasteiger partial charge in [0.25, 0.3) is 5.91 Å². The van der Waals surface area contributed by atoms with Gasteiger partial charge in [0.05, 0.1) is 6.20 Å². The molecule has 2 atom stereocenters. The maximum absolute atomic E-state index is 12.0. The average Bonchev–Trinajstić information content (AvgIpc) is 2.76. The molecule has 4 nitrogen and oxygen atoms in total. The molecule has 17 heavy (non-hydrogen) atoms. The van der Waals surface area contributed by atoms with Gasteiger partial charge in [-0.1, -0.05) is 33.9 Å².